The molecule has 0 aromatic heterocycles. The van der Waals surface area contributed by atoms with E-state index < -0.39 is 0 Å². The van der Waals surface area contributed by atoms with Crippen LogP contribution in [0.5, 0.6) is 0 Å². The molecule has 0 amide bonds. The summed E-state index contributed by atoms with van der Waals surface area (Å²) < 4.78 is 0. The highest BCUT2D eigenvalue weighted by Gasteiger charge is 2.32. The molecular weight excluding hydrogens is 144 g/mol. The van der Waals surface area contributed by atoms with Crippen LogP contribution in [0.1, 0.15) is 47.5 Å². The molecule has 1 rings (SSSR count). The molecule has 70 valence electrons. The Balaban J connectivity index is 2.73. The van der Waals surface area contributed by atoms with Gasteiger partial charge < -0.3 is 0 Å². The van der Waals surface area contributed by atoms with Crippen molar-refractivity contribution in [2.24, 2.45) is 17.8 Å². The van der Waals surface area contributed by atoms with Crippen molar-refractivity contribution in [2.45, 2.75) is 47.5 Å². The fourth-order valence-corrected chi connectivity index (χ4v) is 2.63. The molecule has 0 heteroatoms. The fraction of sp³-hybridized carbons (Fsp3) is 0.833. The molecule has 0 saturated heterocycles. The lowest BCUT2D eigenvalue weighted by molar-refractivity contribution is 0.329. The average Bonchev–Trinajstić information content (AvgIpc) is 2.23. The van der Waals surface area contributed by atoms with Gasteiger partial charge in [0.2, 0.25) is 0 Å². The highest BCUT2D eigenvalue weighted by Crippen LogP contribution is 2.43. The van der Waals surface area contributed by atoms with Gasteiger partial charge in [0.25, 0.3) is 0 Å². The summed E-state index contributed by atoms with van der Waals surface area (Å²) in [6.45, 7) is 11.7. The van der Waals surface area contributed by atoms with Crippen molar-refractivity contribution in [1.82, 2.24) is 0 Å². The van der Waals surface area contributed by atoms with Gasteiger partial charge in [-0.15, -0.1) is 0 Å². The fourth-order valence-electron chi connectivity index (χ4n) is 2.63. The van der Waals surface area contributed by atoms with Crippen LogP contribution in [0, 0.1) is 17.8 Å². The van der Waals surface area contributed by atoms with Crippen LogP contribution in [0.4, 0.5) is 0 Å². The Bertz CT molecular complexity index is 170. The molecule has 0 aromatic rings. The molecule has 0 spiro atoms. The van der Waals surface area contributed by atoms with Gasteiger partial charge in [-0.05, 0) is 38.0 Å². The van der Waals surface area contributed by atoms with E-state index in [1.165, 1.54) is 12.8 Å². The molecule has 0 radical (unpaired) electrons. The van der Waals surface area contributed by atoms with Gasteiger partial charge in [-0.1, -0.05) is 38.3 Å². The topological polar surface area (TPSA) is 0 Å². The van der Waals surface area contributed by atoms with Crippen molar-refractivity contribution in [3.63, 3.8) is 0 Å². The first kappa shape index (κ1) is 9.83. The molecule has 0 N–H and O–H groups in total. The van der Waals surface area contributed by atoms with E-state index in [0.29, 0.717) is 0 Å². The second kappa shape index (κ2) is 3.64. The summed E-state index contributed by atoms with van der Waals surface area (Å²) in [5, 5.41) is 0. The summed E-state index contributed by atoms with van der Waals surface area (Å²) in [6.07, 6.45) is 2.73. The summed E-state index contributed by atoms with van der Waals surface area (Å²) in [5.41, 5.74) is 3.31. The van der Waals surface area contributed by atoms with E-state index >= 15 is 0 Å². The normalized spacial score (nSPS) is 36.2. The second-order valence-corrected chi connectivity index (χ2v) is 4.40. The molecule has 1 aliphatic rings. The van der Waals surface area contributed by atoms with Crippen LogP contribution in [0.25, 0.3) is 0 Å². The highest BCUT2D eigenvalue weighted by molar-refractivity contribution is 5.23. The minimum absolute atomic E-state index is 0.833. The summed E-state index contributed by atoms with van der Waals surface area (Å²) in [5.74, 6) is 2.59. The predicted octanol–water partition coefficient (Wildman–Crippen LogP) is 4.02. The quantitative estimate of drug-likeness (QED) is 0.543. The molecule has 0 aromatic carbocycles. The van der Waals surface area contributed by atoms with Crippen LogP contribution in [0.3, 0.4) is 0 Å². The maximum atomic E-state index is 2.39. The van der Waals surface area contributed by atoms with E-state index in [0.717, 1.165) is 17.8 Å². The Morgan fingerprint density at radius 1 is 1.00 bits per heavy atom. The van der Waals surface area contributed by atoms with Crippen molar-refractivity contribution < 1.29 is 0 Å². The van der Waals surface area contributed by atoms with Crippen LogP contribution < -0.4 is 0 Å². The Morgan fingerprint density at radius 2 is 1.42 bits per heavy atom. The third kappa shape index (κ3) is 1.44. The smallest absolute Gasteiger partial charge is 0.0198 e. The van der Waals surface area contributed by atoms with Crippen molar-refractivity contribution >= 4 is 0 Å². The molecule has 0 aliphatic heterocycles. The van der Waals surface area contributed by atoms with E-state index in [1.54, 1.807) is 11.1 Å². The van der Waals surface area contributed by atoms with Crippen molar-refractivity contribution in [2.75, 3.05) is 0 Å². The zero-order valence-corrected chi connectivity index (χ0v) is 9.15. The Kier molecular flexibility index (Phi) is 2.98. The number of hydrogen-bond acceptors (Lipinski definition) is 0. The first-order valence-electron chi connectivity index (χ1n) is 5.26. The molecular formula is C12H22. The molecule has 0 fully saturated rings. The minimum Gasteiger partial charge on any atom is -0.0710 e. The van der Waals surface area contributed by atoms with Crippen LogP contribution >= 0.6 is 0 Å². The zero-order valence-electron chi connectivity index (χ0n) is 9.15. The predicted molar refractivity (Wildman–Crippen MR) is 55.1 cm³/mol. The first-order valence-corrected chi connectivity index (χ1v) is 5.26. The molecule has 2 atom stereocenters. The number of rotatable bonds is 2. The monoisotopic (exact) mass is 166 g/mol. The third-order valence-corrected chi connectivity index (χ3v) is 3.89. The van der Waals surface area contributed by atoms with Gasteiger partial charge in [-0.2, -0.15) is 0 Å². The molecule has 0 heterocycles. The maximum Gasteiger partial charge on any atom is -0.0198 e. The number of allylic oxidation sites excluding steroid dienone is 2. The van der Waals surface area contributed by atoms with Crippen molar-refractivity contribution in [3.8, 4) is 0 Å². The molecule has 0 bridgehead atoms. The van der Waals surface area contributed by atoms with E-state index in [1.807, 2.05) is 0 Å². The summed E-state index contributed by atoms with van der Waals surface area (Å²) in [6, 6.07) is 0. The van der Waals surface area contributed by atoms with Crippen LogP contribution in [-0.4, -0.2) is 0 Å². The molecule has 12 heavy (non-hydrogen) atoms. The second-order valence-electron chi connectivity index (χ2n) is 4.40. The van der Waals surface area contributed by atoms with Crippen LogP contribution in [-0.2, 0) is 0 Å². The van der Waals surface area contributed by atoms with Crippen LogP contribution in [0.15, 0.2) is 11.1 Å². The minimum atomic E-state index is 0.833. The molecule has 2 unspecified atom stereocenters. The lowest BCUT2D eigenvalue weighted by Crippen LogP contribution is -2.13. The Labute approximate surface area is 77.1 Å². The average molecular weight is 166 g/mol. The van der Waals surface area contributed by atoms with E-state index in [9.17, 15) is 0 Å². The van der Waals surface area contributed by atoms with E-state index in [4.69, 9.17) is 0 Å². The maximum absolute atomic E-state index is 2.39. The zero-order chi connectivity index (χ0) is 9.30. The molecule has 1 aliphatic carbocycles. The molecule has 0 saturated carbocycles. The first-order chi connectivity index (χ1) is 5.59. The summed E-state index contributed by atoms with van der Waals surface area (Å²) in [7, 11) is 0. The standard InChI is InChI=1S/C12H22/c1-6-7-12-10(4)8(2)9(3)11(12)5/h10-12H,6-7H2,1-5H3. The highest BCUT2D eigenvalue weighted by atomic mass is 14.4. The van der Waals surface area contributed by atoms with E-state index in [-0.39, 0.29) is 0 Å². The lowest BCUT2D eigenvalue weighted by Gasteiger charge is -2.21. The number of hydrogen-bond donors (Lipinski definition) is 0. The van der Waals surface area contributed by atoms with E-state index in [2.05, 4.69) is 34.6 Å². The Morgan fingerprint density at radius 3 is 1.75 bits per heavy atom. The van der Waals surface area contributed by atoms with Gasteiger partial charge in [0.1, 0.15) is 0 Å². The SMILES string of the molecule is CCCC1C(C)C(C)=C(C)C1C. The van der Waals surface area contributed by atoms with Crippen molar-refractivity contribution in [3.05, 3.63) is 11.1 Å². The third-order valence-electron chi connectivity index (χ3n) is 3.89. The van der Waals surface area contributed by atoms with Crippen molar-refractivity contribution in [1.29, 1.82) is 0 Å². The van der Waals surface area contributed by atoms with Gasteiger partial charge in [0.05, 0.1) is 0 Å². The molecule has 0 nitrogen and oxygen atoms in total. The van der Waals surface area contributed by atoms with Crippen LogP contribution in [0.2, 0.25) is 0 Å². The summed E-state index contributed by atoms with van der Waals surface area (Å²) in [4.78, 5) is 0. The van der Waals surface area contributed by atoms with Gasteiger partial charge in [-0.25, -0.2) is 0 Å². The summed E-state index contributed by atoms with van der Waals surface area (Å²) >= 11 is 0. The van der Waals surface area contributed by atoms with Gasteiger partial charge >= 0.3 is 0 Å². The van der Waals surface area contributed by atoms with Gasteiger partial charge in [-0.3, -0.25) is 0 Å². The Hall–Kier alpha value is -0.260. The lowest BCUT2D eigenvalue weighted by atomic mass is 9.84. The van der Waals surface area contributed by atoms with Gasteiger partial charge in [0, 0.05) is 0 Å². The van der Waals surface area contributed by atoms with Gasteiger partial charge in [0.15, 0.2) is 0 Å². The largest absolute Gasteiger partial charge is 0.0710 e.